The number of hydrogen-bond acceptors (Lipinski definition) is 4. The fourth-order valence-corrected chi connectivity index (χ4v) is 2.41. The highest BCUT2D eigenvalue weighted by molar-refractivity contribution is 5.22. The van der Waals surface area contributed by atoms with Crippen molar-refractivity contribution in [3.05, 3.63) is 48.0 Å². The van der Waals surface area contributed by atoms with E-state index in [-0.39, 0.29) is 40.1 Å². The average molecular weight is 460 g/mol. The normalized spacial score (nSPS) is 10.3. The number of benzene rings is 1. The summed E-state index contributed by atoms with van der Waals surface area (Å²) in [5.41, 5.74) is 14.5. The van der Waals surface area contributed by atoms with E-state index in [9.17, 15) is 0 Å². The summed E-state index contributed by atoms with van der Waals surface area (Å²) in [5, 5.41) is 8.43. The highest BCUT2D eigenvalue weighted by Crippen LogP contribution is 2.13. The predicted molar refractivity (Wildman–Crippen MR) is 80.3 cm³/mol. The Morgan fingerprint density at radius 1 is 0.875 bits per heavy atom. The second-order valence-electron chi connectivity index (χ2n) is 5.32. The molecule has 0 spiro atoms. The third-order valence-corrected chi connectivity index (χ3v) is 3.79. The van der Waals surface area contributed by atoms with Crippen molar-refractivity contribution in [2.45, 2.75) is 13.1 Å². The standard InChI is InChI=1S/C14H18N8.2BrH/c1-10-4-6-11(7-5-10)12(21-8-17-19(2)13(21)15)22-9-18-20(3)14(22)16;;/h4-9,12,15-16H,1-3H3;2*1H. The number of nitrogen functional groups attached to an aromatic ring is 2. The Balaban J connectivity index is 0.00000144. The number of nitrogens with two attached hydrogens (primary N) is 2. The maximum absolute atomic E-state index is 6.15. The lowest BCUT2D eigenvalue weighted by Gasteiger charge is -2.15. The molecular weight excluding hydrogens is 440 g/mol. The first-order valence-electron chi connectivity index (χ1n) is 6.93. The van der Waals surface area contributed by atoms with E-state index in [1.165, 1.54) is 5.56 Å². The largest absolute Gasteiger partial charge is 1.00 e. The van der Waals surface area contributed by atoms with Crippen LogP contribution in [0.5, 0.6) is 0 Å². The van der Waals surface area contributed by atoms with Crippen molar-refractivity contribution in [2.24, 2.45) is 14.1 Å². The zero-order chi connectivity index (χ0) is 15.9. The van der Waals surface area contributed by atoms with Gasteiger partial charge < -0.3 is 45.4 Å². The van der Waals surface area contributed by atoms with Crippen LogP contribution in [0.4, 0.5) is 11.9 Å². The SMILES string of the molecule is Cc1ccc(C([n+]2cnn(C)c2N)[n+]2cnn(C)c2N)cc1.[Br-].[Br-]. The molecule has 2 aromatic heterocycles. The van der Waals surface area contributed by atoms with Crippen LogP contribution in [0.1, 0.15) is 17.3 Å². The van der Waals surface area contributed by atoms with Gasteiger partial charge in [0.2, 0.25) is 18.8 Å². The molecule has 0 aliphatic heterocycles. The topological polar surface area (TPSA) is 95.4 Å². The van der Waals surface area contributed by atoms with Gasteiger partial charge in [-0.25, -0.2) is 0 Å². The van der Waals surface area contributed by atoms with E-state index >= 15 is 0 Å². The summed E-state index contributed by atoms with van der Waals surface area (Å²) in [6.07, 6.45) is 3.14. The Morgan fingerprint density at radius 3 is 1.62 bits per heavy atom. The van der Waals surface area contributed by atoms with E-state index in [1.54, 1.807) is 36.1 Å². The van der Waals surface area contributed by atoms with Crippen LogP contribution in [0, 0.1) is 6.92 Å². The van der Waals surface area contributed by atoms with E-state index < -0.39 is 0 Å². The van der Waals surface area contributed by atoms with Gasteiger partial charge in [0.15, 0.2) is 0 Å². The predicted octanol–water partition coefficient (Wildman–Crippen LogP) is -6.70. The van der Waals surface area contributed by atoms with Crippen molar-refractivity contribution < 1.29 is 43.1 Å². The second kappa shape index (κ2) is 7.75. The van der Waals surface area contributed by atoms with E-state index in [1.807, 2.05) is 9.13 Å². The van der Waals surface area contributed by atoms with Crippen molar-refractivity contribution in [1.82, 2.24) is 19.6 Å². The minimum atomic E-state index is -0.247. The van der Waals surface area contributed by atoms with Gasteiger partial charge in [-0.05, 0) is 17.1 Å². The summed E-state index contributed by atoms with van der Waals surface area (Å²) in [6, 6.07) is 8.23. The molecule has 0 bridgehead atoms. The Morgan fingerprint density at radius 2 is 1.29 bits per heavy atom. The fourth-order valence-electron chi connectivity index (χ4n) is 2.41. The second-order valence-corrected chi connectivity index (χ2v) is 5.32. The maximum atomic E-state index is 6.15. The fraction of sp³-hybridized carbons (Fsp3) is 0.286. The lowest BCUT2D eigenvalue weighted by molar-refractivity contribution is -0.922. The summed E-state index contributed by atoms with van der Waals surface area (Å²) in [7, 11) is 3.60. The maximum Gasteiger partial charge on any atom is 0.344 e. The molecule has 10 heteroatoms. The number of anilines is 2. The molecule has 8 nitrogen and oxygen atoms in total. The zero-order valence-corrected chi connectivity index (χ0v) is 16.8. The van der Waals surface area contributed by atoms with Crippen molar-refractivity contribution in [3.63, 3.8) is 0 Å². The Labute approximate surface area is 161 Å². The lowest BCUT2D eigenvalue weighted by atomic mass is 10.1. The Kier molecular flexibility index (Phi) is 6.50. The molecule has 3 aromatic rings. The summed E-state index contributed by atoms with van der Waals surface area (Å²) in [4.78, 5) is 0. The Bertz CT molecular complexity index is 763. The minimum absolute atomic E-state index is 0. The number of hydrogen-bond donors (Lipinski definition) is 2. The van der Waals surface area contributed by atoms with E-state index in [0.29, 0.717) is 11.9 Å². The summed E-state index contributed by atoms with van der Waals surface area (Å²) >= 11 is 0. The molecule has 130 valence electrons. The summed E-state index contributed by atoms with van der Waals surface area (Å²) in [5.74, 6) is 1.06. The number of nitrogens with zero attached hydrogens (tertiary/aromatic N) is 6. The molecule has 0 aliphatic rings. The van der Waals surface area contributed by atoms with Crippen molar-refractivity contribution >= 4 is 11.9 Å². The first kappa shape index (κ1) is 20.1. The van der Waals surface area contributed by atoms with Gasteiger partial charge in [-0.3, -0.25) is 0 Å². The van der Waals surface area contributed by atoms with Crippen LogP contribution in [-0.2, 0) is 14.1 Å². The van der Waals surface area contributed by atoms with E-state index in [2.05, 4.69) is 41.4 Å². The van der Waals surface area contributed by atoms with E-state index in [4.69, 9.17) is 11.5 Å². The molecule has 0 saturated heterocycles. The van der Waals surface area contributed by atoms with E-state index in [0.717, 1.165) is 5.56 Å². The molecule has 2 heterocycles. The average Bonchev–Trinajstić information content (AvgIpc) is 3.00. The Hall–Kier alpha value is -1.94. The molecular formula is C14H20Br2N8. The lowest BCUT2D eigenvalue weighted by Crippen LogP contribution is -3.00. The van der Waals surface area contributed by atoms with Gasteiger partial charge in [-0.15, -0.1) is 9.36 Å². The zero-order valence-electron chi connectivity index (χ0n) is 13.6. The van der Waals surface area contributed by atoms with Gasteiger partial charge >= 0.3 is 11.9 Å². The quantitative estimate of drug-likeness (QED) is 0.380. The van der Waals surface area contributed by atoms with Crippen molar-refractivity contribution in [1.29, 1.82) is 0 Å². The van der Waals surface area contributed by atoms with Crippen molar-refractivity contribution in [3.8, 4) is 0 Å². The van der Waals surface area contributed by atoms with Crippen LogP contribution in [0.25, 0.3) is 0 Å². The van der Waals surface area contributed by atoms with Crippen LogP contribution in [0.2, 0.25) is 0 Å². The molecule has 0 aliphatic carbocycles. The van der Waals surface area contributed by atoms with Crippen LogP contribution in [-0.4, -0.2) is 19.6 Å². The molecule has 0 saturated carbocycles. The van der Waals surface area contributed by atoms with Gasteiger partial charge in [0.1, 0.15) is 0 Å². The third-order valence-electron chi connectivity index (χ3n) is 3.79. The van der Waals surface area contributed by atoms with Gasteiger partial charge in [0, 0.05) is 5.56 Å². The molecule has 3 rings (SSSR count). The number of rotatable bonds is 3. The first-order chi connectivity index (χ1) is 10.5. The molecule has 0 unspecified atom stereocenters. The third kappa shape index (κ3) is 3.44. The molecule has 0 atom stereocenters. The minimum Gasteiger partial charge on any atom is -1.00 e. The van der Waals surface area contributed by atoms with Crippen LogP contribution < -0.4 is 54.6 Å². The number of aryl methyl sites for hydroxylation is 3. The van der Waals surface area contributed by atoms with Crippen molar-refractivity contribution in [2.75, 3.05) is 11.5 Å². The van der Waals surface area contributed by atoms with Crippen LogP contribution in [0.15, 0.2) is 36.9 Å². The molecule has 1 aromatic carbocycles. The molecule has 24 heavy (non-hydrogen) atoms. The highest BCUT2D eigenvalue weighted by atomic mass is 79.9. The number of halogens is 2. The van der Waals surface area contributed by atoms with Gasteiger partial charge in [0.25, 0.3) is 0 Å². The number of aromatic nitrogens is 6. The summed E-state index contributed by atoms with van der Waals surface area (Å²) < 4.78 is 6.97. The summed E-state index contributed by atoms with van der Waals surface area (Å²) in [6.45, 7) is 2.05. The first-order valence-corrected chi connectivity index (χ1v) is 6.93. The smallest absolute Gasteiger partial charge is 0.344 e. The van der Waals surface area contributed by atoms with Crippen LogP contribution in [0.3, 0.4) is 0 Å². The molecule has 0 fully saturated rings. The van der Waals surface area contributed by atoms with Gasteiger partial charge in [-0.2, -0.15) is 9.13 Å². The molecule has 4 N–H and O–H groups in total. The van der Waals surface area contributed by atoms with Gasteiger partial charge in [-0.1, -0.05) is 29.8 Å². The highest BCUT2D eigenvalue weighted by Gasteiger charge is 2.29. The van der Waals surface area contributed by atoms with Gasteiger partial charge in [0.05, 0.1) is 14.1 Å². The molecule has 0 amide bonds. The molecule has 0 radical (unpaired) electrons. The monoisotopic (exact) mass is 458 g/mol. The van der Waals surface area contributed by atoms with Crippen LogP contribution >= 0.6 is 0 Å².